The topological polar surface area (TPSA) is 107 Å². The summed E-state index contributed by atoms with van der Waals surface area (Å²) < 4.78 is 1.49. The SMILES string of the molecule is Cc1nn(-c2ccc(C(=O)NCc3ccccc3)cc2[N+](=O)[O-])c2c1C(=O)CC(C)(C)C2. The van der Waals surface area contributed by atoms with Gasteiger partial charge in [0.2, 0.25) is 0 Å². The first-order valence-corrected chi connectivity index (χ1v) is 10.4. The molecule has 0 atom stereocenters. The molecule has 2 aromatic carbocycles. The highest BCUT2D eigenvalue weighted by Gasteiger charge is 2.36. The summed E-state index contributed by atoms with van der Waals surface area (Å²) >= 11 is 0. The number of fused-ring (bicyclic) bond motifs is 1. The number of aromatic nitrogens is 2. The third-order valence-corrected chi connectivity index (χ3v) is 5.68. The summed E-state index contributed by atoms with van der Waals surface area (Å²) in [5, 5.41) is 19.1. The van der Waals surface area contributed by atoms with Crippen LogP contribution in [0.1, 0.15) is 57.9 Å². The second-order valence-corrected chi connectivity index (χ2v) is 8.89. The van der Waals surface area contributed by atoms with Crippen LogP contribution in [0.5, 0.6) is 0 Å². The average molecular weight is 432 g/mol. The van der Waals surface area contributed by atoms with E-state index < -0.39 is 10.8 Å². The fourth-order valence-corrected chi connectivity index (χ4v) is 4.21. The predicted molar refractivity (Wildman–Crippen MR) is 119 cm³/mol. The van der Waals surface area contributed by atoms with E-state index in [-0.39, 0.29) is 28.1 Å². The molecule has 8 nitrogen and oxygen atoms in total. The first-order chi connectivity index (χ1) is 15.2. The molecule has 0 aliphatic heterocycles. The van der Waals surface area contributed by atoms with E-state index in [1.54, 1.807) is 13.0 Å². The van der Waals surface area contributed by atoms with Crippen molar-refractivity contribution in [2.75, 3.05) is 0 Å². The van der Waals surface area contributed by atoms with Crippen LogP contribution in [-0.4, -0.2) is 26.4 Å². The standard InChI is InChI=1S/C24H24N4O4/c1-15-22-20(12-24(2,3)13-21(22)29)27(26-15)18-10-9-17(11-19(18)28(31)32)23(30)25-14-16-7-5-4-6-8-16/h4-11H,12-14H2,1-3H3,(H,25,30). The van der Waals surface area contributed by atoms with E-state index in [0.29, 0.717) is 36.3 Å². The Morgan fingerprint density at radius 2 is 1.91 bits per heavy atom. The molecule has 0 bridgehead atoms. The van der Waals surface area contributed by atoms with Crippen LogP contribution in [0.3, 0.4) is 0 Å². The Hall–Kier alpha value is -3.81. The Labute approximate surface area is 185 Å². The quantitative estimate of drug-likeness (QED) is 0.481. The highest BCUT2D eigenvalue weighted by molar-refractivity contribution is 6.00. The van der Waals surface area contributed by atoms with Crippen molar-refractivity contribution in [2.45, 2.75) is 40.2 Å². The molecule has 0 unspecified atom stereocenters. The van der Waals surface area contributed by atoms with Gasteiger partial charge in [-0.2, -0.15) is 5.10 Å². The third kappa shape index (κ3) is 4.03. The Morgan fingerprint density at radius 1 is 1.19 bits per heavy atom. The number of nitro groups is 1. The number of carbonyl (C=O) groups excluding carboxylic acids is 2. The fourth-order valence-electron chi connectivity index (χ4n) is 4.21. The van der Waals surface area contributed by atoms with Gasteiger partial charge in [-0.05, 0) is 36.5 Å². The summed E-state index contributed by atoms with van der Waals surface area (Å²) in [5.41, 5.74) is 2.63. The van der Waals surface area contributed by atoms with Crippen LogP contribution in [0.15, 0.2) is 48.5 Å². The van der Waals surface area contributed by atoms with Crippen molar-refractivity contribution in [3.05, 3.63) is 86.7 Å². The maximum atomic E-state index is 12.7. The highest BCUT2D eigenvalue weighted by atomic mass is 16.6. The zero-order valence-electron chi connectivity index (χ0n) is 18.2. The second kappa shape index (κ2) is 8.03. The van der Waals surface area contributed by atoms with E-state index in [1.165, 1.54) is 16.8 Å². The number of benzene rings is 2. The number of nitro benzene ring substituents is 1. The van der Waals surface area contributed by atoms with Gasteiger partial charge in [0, 0.05) is 24.6 Å². The average Bonchev–Trinajstić information content (AvgIpc) is 3.07. The minimum atomic E-state index is -0.525. The van der Waals surface area contributed by atoms with Gasteiger partial charge in [-0.15, -0.1) is 0 Å². The lowest BCUT2D eigenvalue weighted by molar-refractivity contribution is -0.384. The van der Waals surface area contributed by atoms with Gasteiger partial charge < -0.3 is 5.32 Å². The van der Waals surface area contributed by atoms with Gasteiger partial charge in [0.1, 0.15) is 5.69 Å². The van der Waals surface area contributed by atoms with Crippen molar-refractivity contribution in [2.24, 2.45) is 5.41 Å². The molecule has 1 aromatic heterocycles. The largest absolute Gasteiger partial charge is 0.348 e. The molecule has 0 spiro atoms. The van der Waals surface area contributed by atoms with E-state index in [1.807, 2.05) is 44.2 Å². The molecule has 1 N–H and O–H groups in total. The molecule has 1 heterocycles. The van der Waals surface area contributed by atoms with Crippen molar-refractivity contribution in [1.29, 1.82) is 0 Å². The monoisotopic (exact) mass is 432 g/mol. The van der Waals surface area contributed by atoms with Crippen LogP contribution >= 0.6 is 0 Å². The number of nitrogens with zero attached hydrogens (tertiary/aromatic N) is 3. The molecule has 0 radical (unpaired) electrons. The molecule has 0 fully saturated rings. The molecule has 1 aliphatic carbocycles. The first-order valence-electron chi connectivity index (χ1n) is 10.4. The predicted octanol–water partition coefficient (Wildman–Crippen LogP) is 4.17. The smallest absolute Gasteiger partial charge is 0.295 e. The van der Waals surface area contributed by atoms with Gasteiger partial charge in [0.25, 0.3) is 11.6 Å². The second-order valence-electron chi connectivity index (χ2n) is 8.89. The number of nitrogens with one attached hydrogen (secondary N) is 1. The van der Waals surface area contributed by atoms with Gasteiger partial charge in [-0.1, -0.05) is 44.2 Å². The lowest BCUT2D eigenvalue weighted by atomic mass is 9.75. The summed E-state index contributed by atoms with van der Waals surface area (Å²) in [4.78, 5) is 36.6. The molecule has 3 aromatic rings. The summed E-state index contributed by atoms with van der Waals surface area (Å²) in [6, 6.07) is 13.7. The maximum Gasteiger partial charge on any atom is 0.295 e. The Morgan fingerprint density at radius 3 is 2.59 bits per heavy atom. The van der Waals surface area contributed by atoms with Crippen LogP contribution in [0.25, 0.3) is 5.69 Å². The summed E-state index contributed by atoms with van der Waals surface area (Å²) in [6.07, 6.45) is 0.987. The van der Waals surface area contributed by atoms with E-state index in [0.717, 1.165) is 5.56 Å². The number of ketones is 1. The van der Waals surface area contributed by atoms with E-state index >= 15 is 0 Å². The maximum absolute atomic E-state index is 12.7. The Balaban J connectivity index is 1.70. The van der Waals surface area contributed by atoms with Crippen molar-refractivity contribution < 1.29 is 14.5 Å². The van der Waals surface area contributed by atoms with Crippen LogP contribution in [0, 0.1) is 22.5 Å². The number of hydrogen-bond acceptors (Lipinski definition) is 5. The van der Waals surface area contributed by atoms with Gasteiger partial charge in [0.15, 0.2) is 5.78 Å². The lowest BCUT2D eigenvalue weighted by Crippen LogP contribution is -2.28. The summed E-state index contributed by atoms with van der Waals surface area (Å²) in [5.74, 6) is -0.405. The summed E-state index contributed by atoms with van der Waals surface area (Å²) in [6.45, 7) is 6.05. The number of rotatable bonds is 5. The van der Waals surface area contributed by atoms with Crippen molar-refractivity contribution in [3.8, 4) is 5.69 Å². The fraction of sp³-hybridized carbons (Fsp3) is 0.292. The van der Waals surface area contributed by atoms with Crippen molar-refractivity contribution >= 4 is 17.4 Å². The number of amides is 1. The number of hydrogen-bond donors (Lipinski definition) is 1. The molecule has 1 amide bonds. The minimum Gasteiger partial charge on any atom is -0.348 e. The normalized spacial score (nSPS) is 14.7. The van der Waals surface area contributed by atoms with Gasteiger partial charge in [0.05, 0.1) is 21.9 Å². The van der Waals surface area contributed by atoms with Crippen LogP contribution in [0.2, 0.25) is 0 Å². The molecule has 1 aliphatic rings. The number of Topliss-reactive ketones (excluding diaryl/α,β-unsaturated/α-hetero) is 1. The van der Waals surface area contributed by atoms with Crippen LogP contribution < -0.4 is 5.32 Å². The Bertz CT molecular complexity index is 1230. The summed E-state index contributed by atoms with van der Waals surface area (Å²) in [7, 11) is 0. The van der Waals surface area contributed by atoms with Crippen LogP contribution in [-0.2, 0) is 13.0 Å². The highest BCUT2D eigenvalue weighted by Crippen LogP contribution is 2.38. The van der Waals surface area contributed by atoms with Gasteiger partial charge in [-0.25, -0.2) is 4.68 Å². The van der Waals surface area contributed by atoms with Gasteiger partial charge in [-0.3, -0.25) is 19.7 Å². The van der Waals surface area contributed by atoms with Crippen molar-refractivity contribution in [1.82, 2.24) is 15.1 Å². The first kappa shape index (κ1) is 21.4. The van der Waals surface area contributed by atoms with Crippen molar-refractivity contribution in [3.63, 3.8) is 0 Å². The van der Waals surface area contributed by atoms with Crippen LogP contribution in [0.4, 0.5) is 5.69 Å². The van der Waals surface area contributed by atoms with E-state index in [9.17, 15) is 19.7 Å². The Kier molecular flexibility index (Phi) is 5.38. The molecule has 164 valence electrons. The third-order valence-electron chi connectivity index (χ3n) is 5.68. The van der Waals surface area contributed by atoms with E-state index in [4.69, 9.17) is 0 Å². The zero-order chi connectivity index (χ0) is 23.0. The van der Waals surface area contributed by atoms with E-state index in [2.05, 4.69) is 10.4 Å². The number of aryl methyl sites for hydroxylation is 1. The molecule has 0 saturated heterocycles. The molecule has 32 heavy (non-hydrogen) atoms. The lowest BCUT2D eigenvalue weighted by Gasteiger charge is -2.29. The minimum absolute atomic E-state index is 0.000405. The molecule has 0 saturated carbocycles. The molecule has 4 rings (SSSR count). The number of carbonyl (C=O) groups is 2. The molecule has 8 heteroatoms. The molecular weight excluding hydrogens is 408 g/mol. The molecular formula is C24H24N4O4. The van der Waals surface area contributed by atoms with Gasteiger partial charge >= 0.3 is 0 Å². The zero-order valence-corrected chi connectivity index (χ0v) is 18.2.